The Labute approximate surface area is 138 Å². The van der Waals surface area contributed by atoms with Gasteiger partial charge in [-0.25, -0.2) is 13.1 Å². The van der Waals surface area contributed by atoms with E-state index in [4.69, 9.17) is 0 Å². The lowest BCUT2D eigenvalue weighted by atomic mass is 10.1. The first-order chi connectivity index (χ1) is 10.9. The summed E-state index contributed by atoms with van der Waals surface area (Å²) < 4.78 is 27.0. The summed E-state index contributed by atoms with van der Waals surface area (Å²) in [5.41, 5.74) is 0.470. The molecule has 1 aliphatic rings. The van der Waals surface area contributed by atoms with Crippen LogP contribution >= 0.6 is 0 Å². The summed E-state index contributed by atoms with van der Waals surface area (Å²) >= 11 is 0. The lowest BCUT2D eigenvalue weighted by Crippen LogP contribution is -2.45. The van der Waals surface area contributed by atoms with Crippen LogP contribution in [0.15, 0.2) is 29.2 Å². The van der Waals surface area contributed by atoms with Gasteiger partial charge in [0.15, 0.2) is 0 Å². The maximum atomic E-state index is 12.2. The van der Waals surface area contributed by atoms with Crippen molar-refractivity contribution >= 4 is 15.9 Å². The molecule has 0 bridgehead atoms. The zero-order chi connectivity index (χ0) is 16.9. The van der Waals surface area contributed by atoms with E-state index in [0.717, 1.165) is 32.4 Å². The zero-order valence-electron chi connectivity index (χ0n) is 13.6. The average molecular weight is 339 g/mol. The van der Waals surface area contributed by atoms with Crippen molar-refractivity contribution in [3.63, 3.8) is 0 Å². The van der Waals surface area contributed by atoms with E-state index in [9.17, 15) is 13.2 Å². The van der Waals surface area contributed by atoms with Gasteiger partial charge in [-0.3, -0.25) is 4.79 Å². The van der Waals surface area contributed by atoms with Crippen LogP contribution in [0.2, 0.25) is 0 Å². The molecule has 2 rings (SSSR count). The van der Waals surface area contributed by atoms with Crippen LogP contribution in [-0.4, -0.2) is 39.5 Å². The summed E-state index contributed by atoms with van der Waals surface area (Å²) in [7, 11) is -3.53. The fourth-order valence-corrected chi connectivity index (χ4v) is 3.77. The van der Waals surface area contributed by atoms with Gasteiger partial charge in [-0.1, -0.05) is 6.92 Å². The molecule has 6 nitrogen and oxygen atoms in total. The first-order valence-electron chi connectivity index (χ1n) is 8.06. The summed E-state index contributed by atoms with van der Waals surface area (Å²) in [5, 5.41) is 6.21. The lowest BCUT2D eigenvalue weighted by molar-refractivity contribution is 0.0930. The van der Waals surface area contributed by atoms with Gasteiger partial charge >= 0.3 is 0 Å². The molecule has 0 radical (unpaired) electrons. The molecule has 23 heavy (non-hydrogen) atoms. The van der Waals surface area contributed by atoms with Gasteiger partial charge in [0.1, 0.15) is 0 Å². The standard InChI is InChI=1S/C16H25N3O3S/c1-3-12(2)19-23(21,22)15-8-6-13(7-9-15)16(20)18-14-5-4-10-17-11-14/h6-9,12,14,17,19H,3-5,10-11H2,1-2H3,(H,18,20)/t12?,14-/m0/s1. The summed E-state index contributed by atoms with van der Waals surface area (Å²) in [6.07, 6.45) is 2.72. The average Bonchev–Trinajstić information content (AvgIpc) is 2.55. The van der Waals surface area contributed by atoms with E-state index in [-0.39, 0.29) is 22.9 Å². The second kappa shape index (κ2) is 7.90. The predicted molar refractivity (Wildman–Crippen MR) is 89.9 cm³/mol. The van der Waals surface area contributed by atoms with Gasteiger partial charge in [0.05, 0.1) is 4.90 Å². The number of nitrogens with one attached hydrogen (secondary N) is 3. The fourth-order valence-electron chi connectivity index (χ4n) is 2.45. The Morgan fingerprint density at radius 2 is 2.04 bits per heavy atom. The van der Waals surface area contributed by atoms with Crippen molar-refractivity contribution in [2.24, 2.45) is 0 Å². The quantitative estimate of drug-likeness (QED) is 0.728. The maximum absolute atomic E-state index is 12.2. The topological polar surface area (TPSA) is 87.3 Å². The number of benzene rings is 1. The van der Waals surface area contributed by atoms with Crippen molar-refractivity contribution in [3.05, 3.63) is 29.8 Å². The number of piperidine rings is 1. The molecular formula is C16H25N3O3S. The molecule has 1 saturated heterocycles. The highest BCUT2D eigenvalue weighted by atomic mass is 32.2. The minimum absolute atomic E-state index is 0.123. The van der Waals surface area contributed by atoms with Gasteiger partial charge in [0.2, 0.25) is 10.0 Å². The van der Waals surface area contributed by atoms with Crippen LogP contribution in [0.3, 0.4) is 0 Å². The van der Waals surface area contributed by atoms with Crippen LogP contribution < -0.4 is 15.4 Å². The Kier molecular flexibility index (Phi) is 6.15. The van der Waals surface area contributed by atoms with E-state index < -0.39 is 10.0 Å². The number of hydrogen-bond acceptors (Lipinski definition) is 4. The van der Waals surface area contributed by atoms with Crippen molar-refractivity contribution in [1.82, 2.24) is 15.4 Å². The highest BCUT2D eigenvalue weighted by Crippen LogP contribution is 2.12. The van der Waals surface area contributed by atoms with Crippen LogP contribution in [0.1, 0.15) is 43.5 Å². The van der Waals surface area contributed by atoms with Crippen molar-refractivity contribution in [1.29, 1.82) is 0 Å². The molecule has 3 N–H and O–H groups in total. The Morgan fingerprint density at radius 1 is 1.35 bits per heavy atom. The number of rotatable bonds is 6. The normalized spacial score (nSPS) is 20.0. The summed E-state index contributed by atoms with van der Waals surface area (Å²) in [4.78, 5) is 12.4. The molecule has 1 aliphatic heterocycles. The fraction of sp³-hybridized carbons (Fsp3) is 0.562. The third-order valence-electron chi connectivity index (χ3n) is 4.03. The second-order valence-electron chi connectivity index (χ2n) is 5.97. The molecule has 2 atom stereocenters. The van der Waals surface area contributed by atoms with E-state index in [2.05, 4.69) is 15.4 Å². The van der Waals surface area contributed by atoms with Gasteiger partial charge in [-0.15, -0.1) is 0 Å². The molecule has 1 heterocycles. The van der Waals surface area contributed by atoms with Gasteiger partial charge in [-0.05, 0) is 57.0 Å². The largest absolute Gasteiger partial charge is 0.348 e. The minimum Gasteiger partial charge on any atom is -0.348 e. The molecule has 0 spiro atoms. The van der Waals surface area contributed by atoms with Crippen LogP contribution in [0.5, 0.6) is 0 Å². The minimum atomic E-state index is -3.53. The summed E-state index contributed by atoms with van der Waals surface area (Å²) in [5.74, 6) is -0.169. The van der Waals surface area contributed by atoms with Crippen molar-refractivity contribution < 1.29 is 13.2 Å². The third-order valence-corrected chi connectivity index (χ3v) is 5.63. The van der Waals surface area contributed by atoms with E-state index in [0.29, 0.717) is 5.56 Å². The van der Waals surface area contributed by atoms with Crippen molar-refractivity contribution in [2.45, 2.75) is 50.1 Å². The maximum Gasteiger partial charge on any atom is 0.251 e. The van der Waals surface area contributed by atoms with Gasteiger partial charge in [0.25, 0.3) is 5.91 Å². The SMILES string of the molecule is CCC(C)NS(=O)(=O)c1ccc(C(=O)N[C@H]2CCCNC2)cc1. The third kappa shape index (κ3) is 5.02. The zero-order valence-corrected chi connectivity index (χ0v) is 14.4. The molecule has 0 saturated carbocycles. The van der Waals surface area contributed by atoms with Crippen molar-refractivity contribution in [2.75, 3.05) is 13.1 Å². The van der Waals surface area contributed by atoms with E-state index in [1.165, 1.54) is 12.1 Å². The highest BCUT2D eigenvalue weighted by molar-refractivity contribution is 7.89. The molecule has 1 aromatic rings. The van der Waals surface area contributed by atoms with E-state index >= 15 is 0 Å². The van der Waals surface area contributed by atoms with Gasteiger partial charge in [-0.2, -0.15) is 0 Å². The van der Waals surface area contributed by atoms with Crippen LogP contribution in [0.25, 0.3) is 0 Å². The summed E-state index contributed by atoms with van der Waals surface area (Å²) in [6.45, 7) is 5.50. The number of amides is 1. The number of carbonyl (C=O) groups is 1. The Hall–Kier alpha value is -1.44. The smallest absolute Gasteiger partial charge is 0.251 e. The Balaban J connectivity index is 2.02. The second-order valence-corrected chi connectivity index (χ2v) is 7.69. The molecule has 128 valence electrons. The molecule has 1 aromatic carbocycles. The van der Waals surface area contributed by atoms with Gasteiger partial charge < -0.3 is 10.6 Å². The lowest BCUT2D eigenvalue weighted by Gasteiger charge is -2.23. The molecule has 0 aromatic heterocycles. The van der Waals surface area contributed by atoms with Crippen LogP contribution in [-0.2, 0) is 10.0 Å². The van der Waals surface area contributed by atoms with Gasteiger partial charge in [0, 0.05) is 24.2 Å². The molecule has 1 amide bonds. The summed E-state index contributed by atoms with van der Waals surface area (Å²) in [6, 6.07) is 6.05. The molecule has 7 heteroatoms. The van der Waals surface area contributed by atoms with Crippen LogP contribution in [0.4, 0.5) is 0 Å². The molecule has 0 aliphatic carbocycles. The van der Waals surface area contributed by atoms with E-state index in [1.807, 2.05) is 13.8 Å². The molecule has 1 fully saturated rings. The highest BCUT2D eigenvalue weighted by Gasteiger charge is 2.19. The number of hydrogen-bond donors (Lipinski definition) is 3. The first kappa shape index (κ1) is 17.9. The monoisotopic (exact) mass is 339 g/mol. The molecule has 1 unspecified atom stereocenters. The first-order valence-corrected chi connectivity index (χ1v) is 9.54. The number of carbonyl (C=O) groups excluding carboxylic acids is 1. The predicted octanol–water partition coefficient (Wildman–Crippen LogP) is 1.25. The van der Waals surface area contributed by atoms with Crippen molar-refractivity contribution in [3.8, 4) is 0 Å². The number of sulfonamides is 1. The van der Waals surface area contributed by atoms with Crippen LogP contribution in [0, 0.1) is 0 Å². The molecular weight excluding hydrogens is 314 g/mol. The van der Waals surface area contributed by atoms with E-state index in [1.54, 1.807) is 12.1 Å². The Morgan fingerprint density at radius 3 is 2.61 bits per heavy atom. The Bertz CT molecular complexity index is 622.